The highest BCUT2D eigenvalue weighted by molar-refractivity contribution is 5.95. The Kier molecular flexibility index (Phi) is 3.13. The fraction of sp³-hybridized carbons (Fsp3) is 0.0625. The molecule has 3 aromatic rings. The van der Waals surface area contributed by atoms with Gasteiger partial charge in [-0.05, 0) is 23.8 Å². The van der Waals surface area contributed by atoms with Gasteiger partial charge in [0.25, 0.3) is 0 Å². The van der Waals surface area contributed by atoms with Crippen molar-refractivity contribution in [2.45, 2.75) is 6.61 Å². The van der Waals surface area contributed by atoms with E-state index in [2.05, 4.69) is 4.98 Å². The van der Waals surface area contributed by atoms with Gasteiger partial charge in [-0.1, -0.05) is 30.3 Å². The normalized spacial score (nSPS) is 10.6. The van der Waals surface area contributed by atoms with E-state index < -0.39 is 5.97 Å². The molecule has 0 aliphatic heterocycles. The van der Waals surface area contributed by atoms with E-state index in [0.717, 1.165) is 10.9 Å². The molecule has 0 radical (unpaired) electrons. The lowest BCUT2D eigenvalue weighted by Crippen LogP contribution is -2.05. The summed E-state index contributed by atoms with van der Waals surface area (Å²) in [6, 6.07) is 16.1. The summed E-state index contributed by atoms with van der Waals surface area (Å²) in [5, 5.41) is 10.2. The molecule has 2 aromatic carbocycles. The summed E-state index contributed by atoms with van der Waals surface area (Å²) in [6.07, 6.45) is 0. The van der Waals surface area contributed by atoms with Gasteiger partial charge in [0, 0.05) is 17.0 Å². The standard InChI is InChI=1S/C16H13NO3/c18-13-7-6-12-8-15(17-14(12)9-13)16(19)20-10-11-4-2-1-3-5-11/h1-9,17-18H,10H2. The van der Waals surface area contributed by atoms with Crippen molar-refractivity contribution >= 4 is 16.9 Å². The Bertz CT molecular complexity index is 747. The minimum Gasteiger partial charge on any atom is -0.508 e. The average molecular weight is 267 g/mol. The van der Waals surface area contributed by atoms with Crippen molar-refractivity contribution < 1.29 is 14.6 Å². The second-order valence-electron chi connectivity index (χ2n) is 4.52. The summed E-state index contributed by atoms with van der Waals surface area (Å²) in [6.45, 7) is 0.236. The Morgan fingerprint density at radius 3 is 2.70 bits per heavy atom. The molecule has 1 aromatic heterocycles. The van der Waals surface area contributed by atoms with Crippen LogP contribution in [-0.2, 0) is 11.3 Å². The fourth-order valence-corrected chi connectivity index (χ4v) is 2.03. The van der Waals surface area contributed by atoms with Crippen LogP contribution >= 0.6 is 0 Å². The van der Waals surface area contributed by atoms with Crippen molar-refractivity contribution in [1.29, 1.82) is 0 Å². The monoisotopic (exact) mass is 267 g/mol. The van der Waals surface area contributed by atoms with Crippen molar-refractivity contribution in [2.75, 3.05) is 0 Å². The quantitative estimate of drug-likeness (QED) is 0.716. The second-order valence-corrected chi connectivity index (χ2v) is 4.52. The molecule has 0 saturated heterocycles. The van der Waals surface area contributed by atoms with Crippen molar-refractivity contribution in [3.63, 3.8) is 0 Å². The van der Waals surface area contributed by atoms with E-state index in [9.17, 15) is 9.90 Å². The number of phenolic OH excluding ortho intramolecular Hbond substituents is 1. The van der Waals surface area contributed by atoms with Gasteiger partial charge < -0.3 is 14.8 Å². The maximum atomic E-state index is 12.0. The number of esters is 1. The molecular weight excluding hydrogens is 254 g/mol. The summed E-state index contributed by atoms with van der Waals surface area (Å²) >= 11 is 0. The minimum atomic E-state index is -0.412. The molecule has 0 aliphatic rings. The van der Waals surface area contributed by atoms with E-state index in [-0.39, 0.29) is 12.4 Å². The van der Waals surface area contributed by atoms with Gasteiger partial charge in [0.2, 0.25) is 0 Å². The van der Waals surface area contributed by atoms with Crippen LogP contribution in [0.4, 0.5) is 0 Å². The van der Waals surface area contributed by atoms with Crippen molar-refractivity contribution in [3.05, 3.63) is 65.9 Å². The first-order valence-corrected chi connectivity index (χ1v) is 6.25. The van der Waals surface area contributed by atoms with E-state index in [1.54, 1.807) is 24.3 Å². The molecule has 0 aliphatic carbocycles. The molecule has 4 heteroatoms. The Morgan fingerprint density at radius 2 is 1.90 bits per heavy atom. The number of phenols is 1. The molecule has 0 fully saturated rings. The topological polar surface area (TPSA) is 62.3 Å². The summed E-state index contributed by atoms with van der Waals surface area (Å²) in [5.41, 5.74) is 2.02. The van der Waals surface area contributed by atoms with Crippen molar-refractivity contribution in [2.24, 2.45) is 0 Å². The lowest BCUT2D eigenvalue weighted by atomic mass is 10.2. The number of benzene rings is 2. The first kappa shape index (κ1) is 12.3. The molecule has 0 unspecified atom stereocenters. The number of aromatic nitrogens is 1. The number of carbonyl (C=O) groups excluding carboxylic acids is 1. The molecule has 0 bridgehead atoms. The Balaban J connectivity index is 1.75. The van der Waals surface area contributed by atoms with E-state index in [4.69, 9.17) is 4.74 Å². The average Bonchev–Trinajstić information content (AvgIpc) is 2.89. The second kappa shape index (κ2) is 5.09. The molecular formula is C16H13NO3. The van der Waals surface area contributed by atoms with Gasteiger partial charge in [-0.2, -0.15) is 0 Å². The maximum Gasteiger partial charge on any atom is 0.355 e. The number of aromatic hydroxyl groups is 1. The number of H-pyrrole nitrogens is 1. The van der Waals surface area contributed by atoms with Crippen LogP contribution in [0.1, 0.15) is 16.1 Å². The molecule has 0 saturated carbocycles. The number of nitrogens with one attached hydrogen (secondary N) is 1. The van der Waals surface area contributed by atoms with Crippen molar-refractivity contribution in [3.8, 4) is 5.75 Å². The third kappa shape index (κ3) is 2.49. The van der Waals surface area contributed by atoms with Crippen LogP contribution in [0, 0.1) is 0 Å². The predicted molar refractivity (Wildman–Crippen MR) is 75.5 cm³/mol. The van der Waals surface area contributed by atoms with E-state index >= 15 is 0 Å². The largest absolute Gasteiger partial charge is 0.508 e. The molecule has 4 nitrogen and oxygen atoms in total. The van der Waals surface area contributed by atoms with Gasteiger partial charge in [-0.3, -0.25) is 0 Å². The molecule has 20 heavy (non-hydrogen) atoms. The summed E-state index contributed by atoms with van der Waals surface area (Å²) in [5.74, 6) is -0.256. The first-order valence-electron chi connectivity index (χ1n) is 6.25. The highest BCUT2D eigenvalue weighted by Crippen LogP contribution is 2.21. The lowest BCUT2D eigenvalue weighted by Gasteiger charge is -2.02. The van der Waals surface area contributed by atoms with E-state index in [0.29, 0.717) is 11.2 Å². The first-order chi connectivity index (χ1) is 9.72. The van der Waals surface area contributed by atoms with Crippen molar-refractivity contribution in [1.82, 2.24) is 4.98 Å². The van der Waals surface area contributed by atoms with Gasteiger partial charge >= 0.3 is 5.97 Å². The zero-order valence-corrected chi connectivity index (χ0v) is 10.7. The van der Waals surface area contributed by atoms with Gasteiger partial charge in [-0.25, -0.2) is 4.79 Å². The zero-order valence-electron chi connectivity index (χ0n) is 10.7. The van der Waals surface area contributed by atoms with Gasteiger partial charge in [0.15, 0.2) is 0 Å². The number of rotatable bonds is 3. The smallest absolute Gasteiger partial charge is 0.355 e. The van der Waals surface area contributed by atoms with Crippen LogP contribution in [0.2, 0.25) is 0 Å². The highest BCUT2D eigenvalue weighted by atomic mass is 16.5. The van der Waals surface area contributed by atoms with Crippen LogP contribution in [0.3, 0.4) is 0 Å². The molecule has 100 valence electrons. The van der Waals surface area contributed by atoms with Crippen LogP contribution in [0.25, 0.3) is 10.9 Å². The molecule has 1 heterocycles. The summed E-state index contributed by atoms with van der Waals surface area (Å²) in [7, 11) is 0. The number of aromatic amines is 1. The van der Waals surface area contributed by atoms with Gasteiger partial charge in [0.1, 0.15) is 18.1 Å². The molecule has 3 rings (SSSR count). The molecule has 0 atom stereocenters. The third-order valence-electron chi connectivity index (χ3n) is 3.04. The zero-order chi connectivity index (χ0) is 13.9. The van der Waals surface area contributed by atoms with E-state index in [1.807, 2.05) is 30.3 Å². The number of hydrogen-bond acceptors (Lipinski definition) is 3. The Hall–Kier alpha value is -2.75. The molecule has 2 N–H and O–H groups in total. The number of fused-ring (bicyclic) bond motifs is 1. The highest BCUT2D eigenvalue weighted by Gasteiger charge is 2.11. The van der Waals surface area contributed by atoms with Crippen LogP contribution in [0.5, 0.6) is 5.75 Å². The summed E-state index contributed by atoms with van der Waals surface area (Å²) < 4.78 is 5.24. The van der Waals surface area contributed by atoms with Crippen LogP contribution < -0.4 is 0 Å². The molecule has 0 spiro atoms. The van der Waals surface area contributed by atoms with Crippen LogP contribution in [0.15, 0.2) is 54.6 Å². The number of carbonyl (C=O) groups is 1. The predicted octanol–water partition coefficient (Wildman–Crippen LogP) is 3.23. The van der Waals surface area contributed by atoms with Gasteiger partial charge in [-0.15, -0.1) is 0 Å². The van der Waals surface area contributed by atoms with Crippen LogP contribution in [-0.4, -0.2) is 16.1 Å². The van der Waals surface area contributed by atoms with Gasteiger partial charge in [0.05, 0.1) is 0 Å². The fourth-order valence-electron chi connectivity index (χ4n) is 2.03. The number of ether oxygens (including phenoxy) is 1. The summed E-state index contributed by atoms with van der Waals surface area (Å²) in [4.78, 5) is 14.9. The van der Waals surface area contributed by atoms with E-state index in [1.165, 1.54) is 0 Å². The lowest BCUT2D eigenvalue weighted by molar-refractivity contribution is 0.0467. The Labute approximate surface area is 115 Å². The maximum absolute atomic E-state index is 12.0. The number of hydrogen-bond donors (Lipinski definition) is 2. The molecule has 0 amide bonds. The SMILES string of the molecule is O=C(OCc1ccccc1)c1cc2ccc(O)cc2[nH]1. The minimum absolute atomic E-state index is 0.156. The Morgan fingerprint density at radius 1 is 1.10 bits per heavy atom. The third-order valence-corrected chi connectivity index (χ3v) is 3.04.